The Bertz CT molecular complexity index is 338. The zero-order valence-electron chi connectivity index (χ0n) is 9.67. The second-order valence-corrected chi connectivity index (χ2v) is 4.93. The van der Waals surface area contributed by atoms with Gasteiger partial charge in [0.15, 0.2) is 0 Å². The number of nitrogens with one attached hydrogen (secondary N) is 1. The molecular weight excluding hydrogens is 184 g/mol. The van der Waals surface area contributed by atoms with Crippen LogP contribution in [0, 0.1) is 16.7 Å². The van der Waals surface area contributed by atoms with Gasteiger partial charge in [-0.1, -0.05) is 20.8 Å². The van der Waals surface area contributed by atoms with Crippen LogP contribution in [0.2, 0.25) is 0 Å². The van der Waals surface area contributed by atoms with E-state index in [-0.39, 0.29) is 0 Å². The summed E-state index contributed by atoms with van der Waals surface area (Å²) in [6.45, 7) is 7.66. The molecule has 0 aliphatic carbocycles. The quantitative estimate of drug-likeness (QED) is 0.815. The van der Waals surface area contributed by atoms with Gasteiger partial charge in [-0.15, -0.1) is 0 Å². The van der Waals surface area contributed by atoms with Crippen molar-refractivity contribution in [3.8, 4) is 6.07 Å². The minimum Gasteiger partial charge on any atom is -0.385 e. The molecule has 1 aromatic carbocycles. The third-order valence-electron chi connectivity index (χ3n) is 2.22. The highest BCUT2D eigenvalue weighted by atomic mass is 14.9. The maximum Gasteiger partial charge on any atom is 0.0991 e. The summed E-state index contributed by atoms with van der Waals surface area (Å²) < 4.78 is 0. The lowest BCUT2D eigenvalue weighted by atomic mass is 9.92. The van der Waals surface area contributed by atoms with Gasteiger partial charge >= 0.3 is 0 Å². The number of benzene rings is 1. The molecule has 0 aliphatic heterocycles. The summed E-state index contributed by atoms with van der Waals surface area (Å²) in [4.78, 5) is 0. The standard InChI is InChI=1S/C13H18N2/c1-13(2,3)8-9-15-12-6-4-11(10-14)5-7-12/h4-7,15H,8-9H2,1-3H3. The molecule has 0 amide bonds. The highest BCUT2D eigenvalue weighted by Crippen LogP contribution is 2.18. The average Bonchev–Trinajstić information content (AvgIpc) is 2.17. The molecule has 0 aromatic heterocycles. The lowest BCUT2D eigenvalue weighted by Gasteiger charge is -2.18. The third kappa shape index (κ3) is 4.51. The van der Waals surface area contributed by atoms with E-state index in [0.29, 0.717) is 11.0 Å². The van der Waals surface area contributed by atoms with Gasteiger partial charge in [0.1, 0.15) is 0 Å². The van der Waals surface area contributed by atoms with Gasteiger partial charge in [0.25, 0.3) is 0 Å². The van der Waals surface area contributed by atoms with E-state index < -0.39 is 0 Å². The van der Waals surface area contributed by atoms with Crippen molar-refractivity contribution in [3.63, 3.8) is 0 Å². The minimum absolute atomic E-state index is 0.361. The Balaban J connectivity index is 2.42. The van der Waals surface area contributed by atoms with Gasteiger partial charge in [0.2, 0.25) is 0 Å². The van der Waals surface area contributed by atoms with E-state index in [2.05, 4.69) is 32.2 Å². The summed E-state index contributed by atoms with van der Waals surface area (Å²) in [5, 5.41) is 12.0. The fourth-order valence-corrected chi connectivity index (χ4v) is 1.24. The van der Waals surface area contributed by atoms with Gasteiger partial charge < -0.3 is 5.32 Å². The molecule has 0 radical (unpaired) electrons. The summed E-state index contributed by atoms with van der Waals surface area (Å²) in [6, 6.07) is 9.66. The number of hydrogen-bond donors (Lipinski definition) is 1. The third-order valence-corrected chi connectivity index (χ3v) is 2.22. The molecule has 0 fully saturated rings. The van der Waals surface area contributed by atoms with Gasteiger partial charge in [0.05, 0.1) is 11.6 Å². The normalized spacial score (nSPS) is 10.8. The molecule has 0 heterocycles. The molecule has 0 aliphatic rings. The number of hydrogen-bond acceptors (Lipinski definition) is 2. The molecule has 1 rings (SSSR count). The van der Waals surface area contributed by atoms with Crippen molar-refractivity contribution in [3.05, 3.63) is 29.8 Å². The van der Waals surface area contributed by atoms with Crippen LogP contribution >= 0.6 is 0 Å². The maximum absolute atomic E-state index is 8.64. The van der Waals surface area contributed by atoms with E-state index in [1.54, 1.807) is 0 Å². The molecular formula is C13H18N2. The highest BCUT2D eigenvalue weighted by Gasteiger charge is 2.08. The molecule has 0 spiro atoms. The number of rotatable bonds is 3. The SMILES string of the molecule is CC(C)(C)CCNc1ccc(C#N)cc1. The van der Waals surface area contributed by atoms with Crippen LogP contribution in [0.3, 0.4) is 0 Å². The fraction of sp³-hybridized carbons (Fsp3) is 0.462. The zero-order valence-corrected chi connectivity index (χ0v) is 9.67. The molecule has 0 saturated carbocycles. The Morgan fingerprint density at radius 3 is 2.27 bits per heavy atom. The topological polar surface area (TPSA) is 35.8 Å². The summed E-state index contributed by atoms with van der Waals surface area (Å²) >= 11 is 0. The van der Waals surface area contributed by atoms with E-state index in [9.17, 15) is 0 Å². The van der Waals surface area contributed by atoms with Crippen LogP contribution in [0.15, 0.2) is 24.3 Å². The van der Waals surface area contributed by atoms with Crippen molar-refractivity contribution in [2.45, 2.75) is 27.2 Å². The van der Waals surface area contributed by atoms with Gasteiger partial charge in [-0.05, 0) is 36.1 Å². The van der Waals surface area contributed by atoms with Crippen LogP contribution in [0.25, 0.3) is 0 Å². The summed E-state index contributed by atoms with van der Waals surface area (Å²) in [5.74, 6) is 0. The molecule has 1 aromatic rings. The second-order valence-electron chi connectivity index (χ2n) is 4.93. The molecule has 0 unspecified atom stereocenters. The van der Waals surface area contributed by atoms with Crippen LogP contribution in [0.1, 0.15) is 32.8 Å². The summed E-state index contributed by atoms with van der Waals surface area (Å²) in [5.41, 5.74) is 2.15. The van der Waals surface area contributed by atoms with Gasteiger partial charge in [-0.3, -0.25) is 0 Å². The van der Waals surface area contributed by atoms with E-state index in [0.717, 1.165) is 18.7 Å². The van der Waals surface area contributed by atoms with Crippen LogP contribution in [0.5, 0.6) is 0 Å². The minimum atomic E-state index is 0.361. The second kappa shape index (κ2) is 4.84. The monoisotopic (exact) mass is 202 g/mol. The Kier molecular flexibility index (Phi) is 3.74. The summed E-state index contributed by atoms with van der Waals surface area (Å²) in [6.07, 6.45) is 1.13. The van der Waals surface area contributed by atoms with Crippen LogP contribution in [-0.2, 0) is 0 Å². The first-order valence-electron chi connectivity index (χ1n) is 5.25. The van der Waals surface area contributed by atoms with Crippen molar-refractivity contribution < 1.29 is 0 Å². The van der Waals surface area contributed by atoms with Crippen LogP contribution < -0.4 is 5.32 Å². The van der Waals surface area contributed by atoms with E-state index in [1.165, 1.54) is 0 Å². The zero-order chi connectivity index (χ0) is 11.3. The molecule has 2 heteroatoms. The van der Waals surface area contributed by atoms with Crippen molar-refractivity contribution in [1.29, 1.82) is 5.26 Å². The van der Waals surface area contributed by atoms with E-state index in [1.807, 2.05) is 24.3 Å². The molecule has 0 bridgehead atoms. The Morgan fingerprint density at radius 1 is 1.20 bits per heavy atom. The molecule has 80 valence electrons. The molecule has 2 nitrogen and oxygen atoms in total. The number of nitriles is 1. The predicted molar refractivity (Wildman–Crippen MR) is 63.7 cm³/mol. The molecule has 15 heavy (non-hydrogen) atoms. The lowest BCUT2D eigenvalue weighted by Crippen LogP contribution is -2.12. The van der Waals surface area contributed by atoms with Gasteiger partial charge in [0, 0.05) is 12.2 Å². The Hall–Kier alpha value is -1.49. The van der Waals surface area contributed by atoms with Crippen molar-refractivity contribution in [2.75, 3.05) is 11.9 Å². The summed E-state index contributed by atoms with van der Waals surface area (Å²) in [7, 11) is 0. The molecule has 0 saturated heterocycles. The van der Waals surface area contributed by atoms with E-state index in [4.69, 9.17) is 5.26 Å². The lowest BCUT2D eigenvalue weighted by molar-refractivity contribution is 0.390. The molecule has 1 N–H and O–H groups in total. The number of nitrogens with zero attached hydrogens (tertiary/aromatic N) is 1. The largest absolute Gasteiger partial charge is 0.385 e. The van der Waals surface area contributed by atoms with Crippen molar-refractivity contribution in [2.24, 2.45) is 5.41 Å². The fourth-order valence-electron chi connectivity index (χ4n) is 1.24. The highest BCUT2D eigenvalue weighted by molar-refractivity contribution is 5.47. The Morgan fingerprint density at radius 2 is 1.80 bits per heavy atom. The maximum atomic E-state index is 8.64. The van der Waals surface area contributed by atoms with Crippen LogP contribution in [-0.4, -0.2) is 6.54 Å². The predicted octanol–water partition coefficient (Wildman–Crippen LogP) is 3.41. The number of anilines is 1. The van der Waals surface area contributed by atoms with Crippen LogP contribution in [0.4, 0.5) is 5.69 Å². The smallest absolute Gasteiger partial charge is 0.0991 e. The van der Waals surface area contributed by atoms with Crippen molar-refractivity contribution in [1.82, 2.24) is 0 Å². The van der Waals surface area contributed by atoms with Gasteiger partial charge in [-0.25, -0.2) is 0 Å². The van der Waals surface area contributed by atoms with Crippen molar-refractivity contribution >= 4 is 5.69 Å². The first kappa shape index (κ1) is 11.6. The van der Waals surface area contributed by atoms with E-state index >= 15 is 0 Å². The Labute approximate surface area is 91.9 Å². The molecule has 0 atom stereocenters. The average molecular weight is 202 g/mol. The first-order valence-corrected chi connectivity index (χ1v) is 5.25. The first-order chi connectivity index (χ1) is 7.01. The van der Waals surface area contributed by atoms with Gasteiger partial charge in [-0.2, -0.15) is 5.26 Å².